The molecule has 1 N–H and O–H groups in total. The number of piperidine rings is 1. The Labute approximate surface area is 108 Å². The molecule has 102 valence electrons. The summed E-state index contributed by atoms with van der Waals surface area (Å²) in [5.41, 5.74) is -0.110. The molecular formula is C14H23NO3. The smallest absolute Gasteiger partial charge is 0.408 e. The third kappa shape index (κ3) is 2.25. The molecule has 0 aromatic rings. The number of carbonyl (C=O) groups excluding carboxylic acids is 1. The zero-order valence-electron chi connectivity index (χ0n) is 11.5. The van der Waals surface area contributed by atoms with Crippen LogP contribution in [0, 0.1) is 11.3 Å². The van der Waals surface area contributed by atoms with Gasteiger partial charge in [-0.2, -0.15) is 0 Å². The van der Waals surface area contributed by atoms with E-state index in [0.717, 1.165) is 25.7 Å². The van der Waals surface area contributed by atoms with Gasteiger partial charge in [-0.3, -0.25) is 9.69 Å². The molecule has 0 radical (unpaired) electrons. The molecule has 1 amide bonds. The SMILES string of the molecule is CC(C)(C)C1CCC2CCCC(=O)C2N1C(=O)O. The first-order valence-electron chi connectivity index (χ1n) is 6.86. The molecule has 1 saturated heterocycles. The van der Waals surface area contributed by atoms with E-state index >= 15 is 0 Å². The van der Waals surface area contributed by atoms with Gasteiger partial charge in [0, 0.05) is 12.5 Å². The van der Waals surface area contributed by atoms with E-state index in [1.165, 1.54) is 4.90 Å². The molecule has 0 aromatic heterocycles. The van der Waals surface area contributed by atoms with E-state index in [2.05, 4.69) is 20.8 Å². The lowest BCUT2D eigenvalue weighted by molar-refractivity contribution is -0.133. The van der Waals surface area contributed by atoms with Crippen LogP contribution in [0.5, 0.6) is 0 Å². The highest BCUT2D eigenvalue weighted by Gasteiger charge is 2.48. The Bertz CT molecular complexity index is 359. The van der Waals surface area contributed by atoms with Gasteiger partial charge < -0.3 is 5.11 Å². The van der Waals surface area contributed by atoms with Gasteiger partial charge in [0.2, 0.25) is 0 Å². The lowest BCUT2D eigenvalue weighted by Gasteiger charge is -2.50. The van der Waals surface area contributed by atoms with Crippen molar-refractivity contribution in [3.63, 3.8) is 0 Å². The fourth-order valence-electron chi connectivity index (χ4n) is 3.60. The number of amides is 1. The standard InChI is InChI=1S/C14H23NO3/c1-14(2,3)11-8-7-9-5-4-6-10(16)12(9)15(11)13(17)18/h9,11-12H,4-8H2,1-3H3,(H,17,18). The first-order chi connectivity index (χ1) is 8.32. The fourth-order valence-corrected chi connectivity index (χ4v) is 3.60. The van der Waals surface area contributed by atoms with Crippen LogP contribution in [-0.2, 0) is 4.79 Å². The molecule has 1 heterocycles. The molecular weight excluding hydrogens is 230 g/mol. The van der Waals surface area contributed by atoms with Gasteiger partial charge in [0.25, 0.3) is 0 Å². The van der Waals surface area contributed by atoms with E-state index in [0.29, 0.717) is 6.42 Å². The van der Waals surface area contributed by atoms with E-state index in [1.807, 2.05) is 0 Å². The number of fused-ring (bicyclic) bond motifs is 1. The summed E-state index contributed by atoms with van der Waals surface area (Å²) in [6.07, 6.45) is 3.40. The maximum absolute atomic E-state index is 12.1. The van der Waals surface area contributed by atoms with E-state index in [1.54, 1.807) is 0 Å². The summed E-state index contributed by atoms with van der Waals surface area (Å²) in [7, 11) is 0. The summed E-state index contributed by atoms with van der Waals surface area (Å²) in [5.74, 6) is 0.378. The Kier molecular flexibility index (Phi) is 3.39. The highest BCUT2D eigenvalue weighted by molar-refractivity contribution is 5.88. The molecule has 3 unspecified atom stereocenters. The lowest BCUT2D eigenvalue weighted by Crippen LogP contribution is -2.61. The van der Waals surface area contributed by atoms with Crippen LogP contribution in [0.25, 0.3) is 0 Å². The Morgan fingerprint density at radius 2 is 1.94 bits per heavy atom. The maximum Gasteiger partial charge on any atom is 0.408 e. The Morgan fingerprint density at radius 3 is 2.50 bits per heavy atom. The molecule has 4 nitrogen and oxygen atoms in total. The first-order valence-corrected chi connectivity index (χ1v) is 6.86. The minimum absolute atomic E-state index is 0.0432. The summed E-state index contributed by atoms with van der Waals surface area (Å²) in [5, 5.41) is 9.50. The van der Waals surface area contributed by atoms with Gasteiger partial charge in [-0.1, -0.05) is 20.8 Å². The zero-order chi connectivity index (χ0) is 13.5. The number of Topliss-reactive ketones (excluding diaryl/α,β-unsaturated/α-hetero) is 1. The Hall–Kier alpha value is -1.06. The zero-order valence-corrected chi connectivity index (χ0v) is 11.5. The average molecular weight is 253 g/mol. The number of rotatable bonds is 0. The molecule has 2 rings (SSSR count). The second-order valence-electron chi connectivity index (χ2n) is 6.71. The van der Waals surface area contributed by atoms with E-state index in [4.69, 9.17) is 0 Å². The van der Waals surface area contributed by atoms with Crippen molar-refractivity contribution in [2.75, 3.05) is 0 Å². The summed E-state index contributed by atoms with van der Waals surface area (Å²) in [4.78, 5) is 25.2. The minimum atomic E-state index is -0.931. The summed E-state index contributed by atoms with van der Waals surface area (Å²) in [6, 6.07) is -0.424. The van der Waals surface area contributed by atoms with E-state index in [-0.39, 0.29) is 29.2 Å². The van der Waals surface area contributed by atoms with Crippen LogP contribution >= 0.6 is 0 Å². The minimum Gasteiger partial charge on any atom is -0.465 e. The largest absolute Gasteiger partial charge is 0.465 e. The first kappa shape index (κ1) is 13.4. The van der Waals surface area contributed by atoms with Crippen molar-refractivity contribution in [1.82, 2.24) is 4.90 Å². The number of nitrogens with zero attached hydrogens (tertiary/aromatic N) is 1. The topological polar surface area (TPSA) is 57.6 Å². The number of ketones is 1. The van der Waals surface area contributed by atoms with Gasteiger partial charge in [-0.25, -0.2) is 4.79 Å². The number of carbonyl (C=O) groups is 2. The number of hydrogen-bond donors (Lipinski definition) is 1. The quantitative estimate of drug-likeness (QED) is 0.722. The van der Waals surface area contributed by atoms with Crippen LogP contribution in [0.15, 0.2) is 0 Å². The molecule has 0 spiro atoms. The van der Waals surface area contributed by atoms with Crippen molar-refractivity contribution >= 4 is 11.9 Å². The van der Waals surface area contributed by atoms with E-state index < -0.39 is 6.09 Å². The number of hydrogen-bond acceptors (Lipinski definition) is 2. The van der Waals surface area contributed by atoms with Gasteiger partial charge >= 0.3 is 6.09 Å². The van der Waals surface area contributed by atoms with E-state index in [9.17, 15) is 14.7 Å². The number of likely N-dealkylation sites (tertiary alicyclic amines) is 1. The highest BCUT2D eigenvalue weighted by atomic mass is 16.4. The predicted octanol–water partition coefficient (Wildman–Crippen LogP) is 2.91. The Balaban J connectivity index is 2.32. The number of carboxylic acid groups (broad SMARTS) is 1. The molecule has 2 aliphatic rings. The predicted molar refractivity (Wildman–Crippen MR) is 68.5 cm³/mol. The third-order valence-corrected chi connectivity index (χ3v) is 4.44. The molecule has 1 saturated carbocycles. The average Bonchev–Trinajstić information content (AvgIpc) is 2.26. The summed E-state index contributed by atoms with van der Waals surface area (Å²) < 4.78 is 0. The van der Waals surface area contributed by atoms with Crippen LogP contribution in [0.3, 0.4) is 0 Å². The second kappa shape index (κ2) is 4.56. The molecule has 1 aliphatic heterocycles. The van der Waals surface area contributed by atoms with Gasteiger partial charge in [-0.15, -0.1) is 0 Å². The van der Waals surface area contributed by atoms with Crippen molar-refractivity contribution in [2.24, 2.45) is 11.3 Å². The van der Waals surface area contributed by atoms with Crippen LogP contribution in [0.4, 0.5) is 4.79 Å². The van der Waals surface area contributed by atoms with Crippen LogP contribution in [-0.4, -0.2) is 34.0 Å². The van der Waals surface area contributed by atoms with Gasteiger partial charge in [0.05, 0.1) is 6.04 Å². The Morgan fingerprint density at radius 1 is 1.28 bits per heavy atom. The van der Waals surface area contributed by atoms with Gasteiger partial charge in [0.1, 0.15) is 0 Å². The highest BCUT2D eigenvalue weighted by Crippen LogP contribution is 2.41. The molecule has 0 bridgehead atoms. The molecule has 18 heavy (non-hydrogen) atoms. The van der Waals surface area contributed by atoms with Crippen molar-refractivity contribution in [3.8, 4) is 0 Å². The van der Waals surface area contributed by atoms with Crippen LogP contribution in [0.1, 0.15) is 52.9 Å². The lowest BCUT2D eigenvalue weighted by atomic mass is 9.71. The van der Waals surface area contributed by atoms with Crippen molar-refractivity contribution in [2.45, 2.75) is 65.0 Å². The van der Waals surface area contributed by atoms with Gasteiger partial charge in [-0.05, 0) is 37.0 Å². The fraction of sp³-hybridized carbons (Fsp3) is 0.857. The van der Waals surface area contributed by atoms with Crippen LogP contribution < -0.4 is 0 Å². The molecule has 4 heteroatoms. The summed E-state index contributed by atoms with van der Waals surface area (Å²) in [6.45, 7) is 6.17. The molecule has 3 atom stereocenters. The molecule has 2 fully saturated rings. The van der Waals surface area contributed by atoms with Crippen molar-refractivity contribution < 1.29 is 14.7 Å². The molecule has 0 aromatic carbocycles. The maximum atomic E-state index is 12.1. The summed E-state index contributed by atoms with van der Waals surface area (Å²) >= 11 is 0. The second-order valence-corrected chi connectivity index (χ2v) is 6.71. The third-order valence-electron chi connectivity index (χ3n) is 4.44. The monoisotopic (exact) mass is 253 g/mol. The molecule has 1 aliphatic carbocycles. The normalized spacial score (nSPS) is 33.2. The van der Waals surface area contributed by atoms with Gasteiger partial charge in [0.15, 0.2) is 5.78 Å². The van der Waals surface area contributed by atoms with Crippen molar-refractivity contribution in [3.05, 3.63) is 0 Å². The van der Waals surface area contributed by atoms with Crippen molar-refractivity contribution in [1.29, 1.82) is 0 Å². The van der Waals surface area contributed by atoms with Crippen LogP contribution in [0.2, 0.25) is 0 Å².